The third kappa shape index (κ3) is 3.45. The Hall–Kier alpha value is 1.06. The van der Waals surface area contributed by atoms with Crippen LogP contribution in [0.3, 0.4) is 0 Å². The van der Waals surface area contributed by atoms with Crippen LogP contribution in [0.15, 0.2) is 0 Å². The lowest BCUT2D eigenvalue weighted by Gasteiger charge is -2.25. The fourth-order valence-corrected chi connectivity index (χ4v) is 4.02. The van der Waals surface area contributed by atoms with Gasteiger partial charge in [-0.25, -0.2) is 4.39 Å². The van der Waals surface area contributed by atoms with Crippen molar-refractivity contribution in [1.82, 2.24) is 14.3 Å². The van der Waals surface area contributed by atoms with Crippen LogP contribution in [0, 0.1) is 0 Å². The molecule has 4 nitrogen and oxygen atoms in total. The van der Waals surface area contributed by atoms with Gasteiger partial charge in [-0.15, -0.1) is 4.60 Å². The molecule has 0 aromatic carbocycles. The van der Waals surface area contributed by atoms with Crippen molar-refractivity contribution < 1.29 is 9.23 Å². The SMILES string of the molecule is FCCON1PNPNP1. The molecule has 2 unspecified atom stereocenters. The van der Waals surface area contributed by atoms with E-state index in [2.05, 4.69) is 9.72 Å². The number of nitrogens with zero attached hydrogens (tertiary/aromatic N) is 1. The van der Waals surface area contributed by atoms with Crippen molar-refractivity contribution >= 4 is 26.6 Å². The van der Waals surface area contributed by atoms with E-state index in [1.54, 1.807) is 4.60 Å². The van der Waals surface area contributed by atoms with Crippen molar-refractivity contribution in [2.75, 3.05) is 13.3 Å². The Labute approximate surface area is 64.3 Å². The van der Waals surface area contributed by atoms with Crippen LogP contribution in [0.4, 0.5) is 4.39 Å². The summed E-state index contributed by atoms with van der Waals surface area (Å²) in [6, 6.07) is 0. The number of hydrogen-bond donors (Lipinski definition) is 2. The van der Waals surface area contributed by atoms with Gasteiger partial charge in [0.1, 0.15) is 6.67 Å². The van der Waals surface area contributed by atoms with Crippen LogP contribution in [-0.4, -0.2) is 17.9 Å². The number of alkyl halides is 1. The summed E-state index contributed by atoms with van der Waals surface area (Å²) in [4.78, 5) is 11.1. The number of halogens is 1. The monoisotopic (exact) mass is 203 g/mol. The molecule has 1 fully saturated rings. The van der Waals surface area contributed by atoms with Crippen molar-refractivity contribution in [2.24, 2.45) is 0 Å². The molecule has 8 heteroatoms. The zero-order valence-corrected chi connectivity index (χ0v) is 8.15. The van der Waals surface area contributed by atoms with Crippen molar-refractivity contribution in [3.63, 3.8) is 0 Å². The minimum Gasteiger partial charge on any atom is -0.287 e. The Morgan fingerprint density at radius 3 is 2.70 bits per heavy atom. The van der Waals surface area contributed by atoms with Crippen LogP contribution in [0.5, 0.6) is 0 Å². The molecule has 1 rings (SSSR count). The highest BCUT2D eigenvalue weighted by molar-refractivity contribution is 7.65. The Bertz CT molecular complexity index is 91.8. The summed E-state index contributed by atoms with van der Waals surface area (Å²) in [5.41, 5.74) is 0. The van der Waals surface area contributed by atoms with Crippen LogP contribution in [0.2, 0.25) is 0 Å². The van der Waals surface area contributed by atoms with E-state index < -0.39 is 6.67 Å². The second-order valence-electron chi connectivity index (χ2n) is 1.42. The topological polar surface area (TPSA) is 36.5 Å². The van der Waals surface area contributed by atoms with E-state index in [-0.39, 0.29) is 6.61 Å². The van der Waals surface area contributed by atoms with Gasteiger partial charge in [-0.3, -0.25) is 14.6 Å². The lowest BCUT2D eigenvalue weighted by Crippen LogP contribution is -2.17. The maximum Gasteiger partial charge on any atom is 0.115 e. The molecule has 60 valence electrons. The van der Waals surface area contributed by atoms with Crippen LogP contribution in [-0.2, 0) is 4.84 Å². The van der Waals surface area contributed by atoms with Crippen molar-refractivity contribution in [3.8, 4) is 0 Å². The third-order valence-electron chi connectivity index (χ3n) is 0.737. The van der Waals surface area contributed by atoms with E-state index in [9.17, 15) is 4.39 Å². The van der Waals surface area contributed by atoms with Crippen LogP contribution < -0.4 is 9.72 Å². The smallest absolute Gasteiger partial charge is 0.115 e. The summed E-state index contributed by atoms with van der Waals surface area (Å²) in [5, 5.41) is 0. The van der Waals surface area contributed by atoms with Crippen molar-refractivity contribution in [3.05, 3.63) is 0 Å². The molecule has 1 aliphatic rings. The van der Waals surface area contributed by atoms with E-state index in [4.69, 9.17) is 4.84 Å². The summed E-state index contributed by atoms with van der Waals surface area (Å²) in [5.74, 6) is 0. The Kier molecular flexibility index (Phi) is 5.20. The van der Waals surface area contributed by atoms with E-state index in [0.29, 0.717) is 26.6 Å². The standard InChI is InChI=1S/C2H9FN3OP3/c3-1-2-7-6-9-4-8-5-10-6/h4-5,8-10H,1-2H2. The Morgan fingerprint density at radius 2 is 2.10 bits per heavy atom. The van der Waals surface area contributed by atoms with E-state index in [1.165, 1.54) is 0 Å². The molecular formula is C2H9FN3OP3. The van der Waals surface area contributed by atoms with Crippen LogP contribution in [0.1, 0.15) is 0 Å². The van der Waals surface area contributed by atoms with Gasteiger partial charge in [-0.05, 0) is 0 Å². The first-order valence-corrected chi connectivity index (χ1v) is 5.58. The molecule has 2 atom stereocenters. The third-order valence-corrected chi connectivity index (χ3v) is 3.97. The van der Waals surface area contributed by atoms with Gasteiger partial charge in [0.05, 0.1) is 24.4 Å². The first-order valence-electron chi connectivity index (χ1n) is 2.69. The maximum atomic E-state index is 11.6. The zero-order chi connectivity index (χ0) is 7.23. The molecule has 0 aliphatic carbocycles. The van der Waals surface area contributed by atoms with Crippen molar-refractivity contribution in [1.29, 1.82) is 0 Å². The number of rotatable bonds is 3. The van der Waals surface area contributed by atoms with Gasteiger partial charge in [0.2, 0.25) is 0 Å². The summed E-state index contributed by atoms with van der Waals surface area (Å²) >= 11 is 0. The van der Waals surface area contributed by atoms with Gasteiger partial charge in [0.25, 0.3) is 0 Å². The molecule has 0 spiro atoms. The highest BCUT2D eigenvalue weighted by Crippen LogP contribution is 2.37. The van der Waals surface area contributed by atoms with E-state index >= 15 is 0 Å². The summed E-state index contributed by atoms with van der Waals surface area (Å²) in [7, 11) is 1.52. The normalized spacial score (nSPS) is 28.5. The first-order chi connectivity index (χ1) is 4.93. The summed E-state index contributed by atoms with van der Waals surface area (Å²) in [6.07, 6.45) is 0. The highest BCUT2D eigenvalue weighted by atomic mass is 31.2. The average Bonchev–Trinajstić information content (AvgIpc) is 2.03. The molecule has 0 radical (unpaired) electrons. The molecule has 1 aliphatic heterocycles. The molecule has 0 aromatic heterocycles. The highest BCUT2D eigenvalue weighted by Gasteiger charge is 2.08. The van der Waals surface area contributed by atoms with Gasteiger partial charge in [-0.2, -0.15) is 0 Å². The fourth-order valence-electron chi connectivity index (χ4n) is 0.407. The van der Waals surface area contributed by atoms with Gasteiger partial charge in [-0.1, -0.05) is 0 Å². The first kappa shape index (κ1) is 9.15. The average molecular weight is 203 g/mol. The minimum atomic E-state index is -0.423. The van der Waals surface area contributed by atoms with Crippen molar-refractivity contribution in [2.45, 2.75) is 0 Å². The van der Waals surface area contributed by atoms with Gasteiger partial charge in [0.15, 0.2) is 0 Å². The van der Waals surface area contributed by atoms with E-state index in [0.717, 1.165) is 0 Å². The van der Waals surface area contributed by atoms with Crippen LogP contribution >= 0.6 is 26.6 Å². The maximum absolute atomic E-state index is 11.6. The van der Waals surface area contributed by atoms with Crippen LogP contribution in [0.25, 0.3) is 0 Å². The van der Waals surface area contributed by atoms with Gasteiger partial charge in [0, 0.05) is 8.88 Å². The summed E-state index contributed by atoms with van der Waals surface area (Å²) < 4.78 is 13.3. The molecule has 0 amide bonds. The molecule has 0 aromatic rings. The molecule has 10 heavy (non-hydrogen) atoms. The fraction of sp³-hybridized carbons (Fsp3) is 1.00. The van der Waals surface area contributed by atoms with Gasteiger partial charge < -0.3 is 0 Å². The molecule has 1 heterocycles. The predicted octanol–water partition coefficient (Wildman–Crippen LogP) is 0.908. The van der Waals surface area contributed by atoms with E-state index in [1.807, 2.05) is 0 Å². The molecular weight excluding hydrogens is 194 g/mol. The molecule has 2 N–H and O–H groups in total. The molecule has 0 bridgehead atoms. The number of hydrogen-bond acceptors (Lipinski definition) is 4. The second-order valence-corrected chi connectivity index (χ2v) is 5.37. The minimum absolute atomic E-state index is 0.159. The molecule has 0 saturated carbocycles. The second kappa shape index (κ2) is 5.68. The Morgan fingerprint density at radius 1 is 1.40 bits per heavy atom. The molecule has 1 saturated heterocycles. The largest absolute Gasteiger partial charge is 0.287 e. The Balaban J connectivity index is 2.02. The number of nitrogens with one attached hydrogen (secondary N) is 2. The zero-order valence-electron chi connectivity index (χ0n) is 5.15. The quantitative estimate of drug-likeness (QED) is 0.668. The predicted molar refractivity (Wildman–Crippen MR) is 45.0 cm³/mol. The summed E-state index contributed by atoms with van der Waals surface area (Å²) in [6.45, 7) is -0.264. The lowest BCUT2D eigenvalue weighted by atomic mass is 10.8. The van der Waals surface area contributed by atoms with Gasteiger partial charge >= 0.3 is 0 Å². The lowest BCUT2D eigenvalue weighted by molar-refractivity contribution is -0.0121.